The highest BCUT2D eigenvalue weighted by Gasteiger charge is 2.19. The molecule has 1 amide bonds. The lowest BCUT2D eigenvalue weighted by Gasteiger charge is -2.11. The lowest BCUT2D eigenvalue weighted by atomic mass is 10.1. The summed E-state index contributed by atoms with van der Waals surface area (Å²) < 4.78 is 5.21. The van der Waals surface area contributed by atoms with Crippen molar-refractivity contribution in [1.82, 2.24) is 10.3 Å². The standard InChI is InChI=1S/C12H17N3O2/c1-2-9-5-8(6-11(13)14-9)12(16)15-10-3-4-17-7-10/h5-6,10H,2-4,7H2,1H3,(H2,13,14)(H,15,16). The van der Waals surface area contributed by atoms with Crippen molar-refractivity contribution in [3.8, 4) is 0 Å². The topological polar surface area (TPSA) is 77.2 Å². The molecular formula is C12H17N3O2. The Bertz CT molecular complexity index is 414. The highest BCUT2D eigenvalue weighted by Crippen LogP contribution is 2.10. The molecule has 0 aliphatic carbocycles. The molecule has 0 saturated carbocycles. The molecular weight excluding hydrogens is 218 g/mol. The number of nitrogen functional groups attached to an aromatic ring is 1. The number of aryl methyl sites for hydroxylation is 1. The van der Waals surface area contributed by atoms with Gasteiger partial charge in [0, 0.05) is 17.9 Å². The quantitative estimate of drug-likeness (QED) is 0.810. The fraction of sp³-hybridized carbons (Fsp3) is 0.500. The van der Waals surface area contributed by atoms with E-state index in [4.69, 9.17) is 10.5 Å². The van der Waals surface area contributed by atoms with E-state index in [-0.39, 0.29) is 11.9 Å². The van der Waals surface area contributed by atoms with Gasteiger partial charge < -0.3 is 15.8 Å². The minimum absolute atomic E-state index is 0.107. The molecule has 5 heteroatoms. The van der Waals surface area contributed by atoms with Gasteiger partial charge in [0.05, 0.1) is 12.6 Å². The van der Waals surface area contributed by atoms with Crippen molar-refractivity contribution < 1.29 is 9.53 Å². The molecule has 2 rings (SSSR count). The number of pyridine rings is 1. The first-order valence-electron chi connectivity index (χ1n) is 5.84. The van der Waals surface area contributed by atoms with E-state index in [2.05, 4.69) is 10.3 Å². The predicted octanol–water partition coefficient (Wildman–Crippen LogP) is 0.745. The predicted molar refractivity (Wildman–Crippen MR) is 64.7 cm³/mol. The van der Waals surface area contributed by atoms with Crippen molar-refractivity contribution in [3.05, 3.63) is 23.4 Å². The van der Waals surface area contributed by atoms with Crippen molar-refractivity contribution >= 4 is 11.7 Å². The number of carbonyl (C=O) groups excluding carboxylic acids is 1. The number of nitrogens with one attached hydrogen (secondary N) is 1. The maximum absolute atomic E-state index is 12.0. The van der Waals surface area contributed by atoms with E-state index in [1.54, 1.807) is 12.1 Å². The molecule has 1 aromatic heterocycles. The van der Waals surface area contributed by atoms with Gasteiger partial charge in [-0.05, 0) is 25.0 Å². The summed E-state index contributed by atoms with van der Waals surface area (Å²) >= 11 is 0. The monoisotopic (exact) mass is 235 g/mol. The third-order valence-electron chi connectivity index (χ3n) is 2.79. The van der Waals surface area contributed by atoms with E-state index in [0.29, 0.717) is 24.6 Å². The van der Waals surface area contributed by atoms with Crippen LogP contribution in [0.1, 0.15) is 29.4 Å². The average Bonchev–Trinajstić information content (AvgIpc) is 2.81. The number of amides is 1. The molecule has 3 N–H and O–H groups in total. The van der Waals surface area contributed by atoms with Gasteiger partial charge in [-0.3, -0.25) is 4.79 Å². The third kappa shape index (κ3) is 2.94. The number of nitrogens with zero attached hydrogens (tertiary/aromatic N) is 1. The van der Waals surface area contributed by atoms with Gasteiger partial charge in [-0.15, -0.1) is 0 Å². The first-order valence-corrected chi connectivity index (χ1v) is 5.84. The van der Waals surface area contributed by atoms with Crippen LogP contribution in [0.15, 0.2) is 12.1 Å². The molecule has 92 valence electrons. The van der Waals surface area contributed by atoms with E-state index in [1.165, 1.54) is 0 Å². The van der Waals surface area contributed by atoms with Crippen LogP contribution in [0.25, 0.3) is 0 Å². The summed E-state index contributed by atoms with van der Waals surface area (Å²) in [5, 5.41) is 2.93. The van der Waals surface area contributed by atoms with E-state index >= 15 is 0 Å². The van der Waals surface area contributed by atoms with Crippen LogP contribution in [0.3, 0.4) is 0 Å². The molecule has 1 aromatic rings. The lowest BCUT2D eigenvalue weighted by molar-refractivity contribution is 0.0929. The lowest BCUT2D eigenvalue weighted by Crippen LogP contribution is -2.35. The van der Waals surface area contributed by atoms with Crippen LogP contribution >= 0.6 is 0 Å². The maximum Gasteiger partial charge on any atom is 0.251 e. The molecule has 2 heterocycles. The van der Waals surface area contributed by atoms with Gasteiger partial charge in [0.15, 0.2) is 0 Å². The Kier molecular flexibility index (Phi) is 3.58. The second kappa shape index (κ2) is 5.14. The molecule has 1 saturated heterocycles. The Balaban J connectivity index is 2.09. The Labute approximate surface area is 100 Å². The van der Waals surface area contributed by atoms with Gasteiger partial charge in [-0.25, -0.2) is 4.98 Å². The summed E-state index contributed by atoms with van der Waals surface area (Å²) in [7, 11) is 0. The van der Waals surface area contributed by atoms with Gasteiger partial charge in [-0.1, -0.05) is 6.92 Å². The fourth-order valence-electron chi connectivity index (χ4n) is 1.84. The number of carbonyl (C=O) groups is 1. The number of ether oxygens (including phenoxy) is 1. The normalized spacial score (nSPS) is 19.2. The molecule has 0 radical (unpaired) electrons. The van der Waals surface area contributed by atoms with Crippen LogP contribution in [0, 0.1) is 0 Å². The van der Waals surface area contributed by atoms with Crippen LogP contribution in [0.5, 0.6) is 0 Å². The minimum atomic E-state index is -0.107. The number of anilines is 1. The highest BCUT2D eigenvalue weighted by molar-refractivity contribution is 5.95. The highest BCUT2D eigenvalue weighted by atomic mass is 16.5. The average molecular weight is 235 g/mol. The molecule has 1 atom stereocenters. The summed E-state index contributed by atoms with van der Waals surface area (Å²) in [6, 6.07) is 3.49. The molecule has 0 aromatic carbocycles. The number of nitrogens with two attached hydrogens (primary N) is 1. The molecule has 0 spiro atoms. The molecule has 1 fully saturated rings. The van der Waals surface area contributed by atoms with Crippen molar-refractivity contribution in [1.29, 1.82) is 0 Å². The van der Waals surface area contributed by atoms with Crippen LogP contribution < -0.4 is 11.1 Å². The van der Waals surface area contributed by atoms with Crippen LogP contribution in [-0.2, 0) is 11.2 Å². The summed E-state index contributed by atoms with van der Waals surface area (Å²) in [6.45, 7) is 3.28. The van der Waals surface area contributed by atoms with Crippen LogP contribution in [-0.4, -0.2) is 30.1 Å². The van der Waals surface area contributed by atoms with Gasteiger partial charge in [-0.2, -0.15) is 0 Å². The zero-order valence-electron chi connectivity index (χ0n) is 9.90. The summed E-state index contributed by atoms with van der Waals surface area (Å²) in [5.74, 6) is 0.279. The van der Waals surface area contributed by atoms with Gasteiger partial charge in [0.2, 0.25) is 0 Å². The van der Waals surface area contributed by atoms with Crippen molar-refractivity contribution in [3.63, 3.8) is 0 Å². The molecule has 1 aliphatic heterocycles. The van der Waals surface area contributed by atoms with E-state index in [1.807, 2.05) is 6.92 Å². The minimum Gasteiger partial charge on any atom is -0.384 e. The third-order valence-corrected chi connectivity index (χ3v) is 2.79. The largest absolute Gasteiger partial charge is 0.384 e. The first-order chi connectivity index (χ1) is 8.19. The second-order valence-corrected chi connectivity index (χ2v) is 4.16. The number of hydrogen-bond donors (Lipinski definition) is 2. The Morgan fingerprint density at radius 3 is 3.12 bits per heavy atom. The van der Waals surface area contributed by atoms with E-state index in [9.17, 15) is 4.79 Å². The Hall–Kier alpha value is -1.62. The Morgan fingerprint density at radius 1 is 1.65 bits per heavy atom. The molecule has 17 heavy (non-hydrogen) atoms. The van der Waals surface area contributed by atoms with Crippen LogP contribution in [0.4, 0.5) is 5.82 Å². The van der Waals surface area contributed by atoms with Gasteiger partial charge in [0.25, 0.3) is 5.91 Å². The summed E-state index contributed by atoms with van der Waals surface area (Å²) in [6.07, 6.45) is 1.63. The molecule has 1 aliphatic rings. The smallest absolute Gasteiger partial charge is 0.251 e. The van der Waals surface area contributed by atoms with Crippen molar-refractivity contribution in [2.45, 2.75) is 25.8 Å². The fourth-order valence-corrected chi connectivity index (χ4v) is 1.84. The Morgan fingerprint density at radius 2 is 2.47 bits per heavy atom. The molecule has 5 nitrogen and oxygen atoms in total. The number of rotatable bonds is 3. The van der Waals surface area contributed by atoms with Gasteiger partial charge in [0.1, 0.15) is 5.82 Å². The molecule has 0 bridgehead atoms. The summed E-state index contributed by atoms with van der Waals surface area (Å²) in [5.41, 5.74) is 7.07. The van der Waals surface area contributed by atoms with E-state index < -0.39 is 0 Å². The molecule has 1 unspecified atom stereocenters. The van der Waals surface area contributed by atoms with Gasteiger partial charge >= 0.3 is 0 Å². The second-order valence-electron chi connectivity index (χ2n) is 4.16. The van der Waals surface area contributed by atoms with Crippen molar-refractivity contribution in [2.75, 3.05) is 18.9 Å². The van der Waals surface area contributed by atoms with Crippen LogP contribution in [0.2, 0.25) is 0 Å². The number of hydrogen-bond acceptors (Lipinski definition) is 4. The maximum atomic E-state index is 12.0. The zero-order valence-corrected chi connectivity index (χ0v) is 9.90. The first kappa shape index (κ1) is 11.9. The number of aromatic nitrogens is 1. The SMILES string of the molecule is CCc1cc(C(=O)NC2CCOC2)cc(N)n1. The zero-order chi connectivity index (χ0) is 12.3. The summed E-state index contributed by atoms with van der Waals surface area (Å²) in [4.78, 5) is 16.1. The van der Waals surface area contributed by atoms with E-state index in [0.717, 1.165) is 18.5 Å². The van der Waals surface area contributed by atoms with Crippen molar-refractivity contribution in [2.24, 2.45) is 0 Å².